The summed E-state index contributed by atoms with van der Waals surface area (Å²) in [7, 11) is 0. The van der Waals surface area contributed by atoms with Crippen LogP contribution >= 0.6 is 22.9 Å². The highest BCUT2D eigenvalue weighted by atomic mass is 35.5. The first-order chi connectivity index (χ1) is 6.77. The number of fused-ring (bicyclic) bond motifs is 1. The molecule has 0 amide bonds. The second-order valence-corrected chi connectivity index (χ2v) is 3.99. The summed E-state index contributed by atoms with van der Waals surface area (Å²) in [6, 6.07) is 5.56. The molecule has 2 nitrogen and oxygen atoms in total. The zero-order chi connectivity index (χ0) is 10.1. The van der Waals surface area contributed by atoms with Gasteiger partial charge in [0.1, 0.15) is 5.75 Å². The van der Waals surface area contributed by atoms with E-state index in [0.717, 1.165) is 10.3 Å². The van der Waals surface area contributed by atoms with E-state index in [1.807, 2.05) is 6.07 Å². The molecule has 0 bridgehead atoms. The largest absolute Gasteiger partial charge is 0.506 e. The van der Waals surface area contributed by atoms with Crippen LogP contribution in [0.25, 0.3) is 10.1 Å². The highest BCUT2D eigenvalue weighted by molar-refractivity contribution is 7.17. The Kier molecular flexibility index (Phi) is 2.32. The fourth-order valence-corrected chi connectivity index (χ4v) is 2.66. The minimum atomic E-state index is 0.161. The Morgan fingerprint density at radius 1 is 1.50 bits per heavy atom. The maximum absolute atomic E-state index is 9.56. The summed E-state index contributed by atoms with van der Waals surface area (Å²) in [6.45, 7) is 0. The molecule has 0 spiro atoms. The summed E-state index contributed by atoms with van der Waals surface area (Å²) in [5, 5.41) is 20.7. The summed E-state index contributed by atoms with van der Waals surface area (Å²) >= 11 is 7.16. The first-order valence-electron chi connectivity index (χ1n) is 3.96. The molecular weight excluding hydrogens is 218 g/mol. The van der Waals surface area contributed by atoms with E-state index in [-0.39, 0.29) is 5.75 Å². The molecule has 1 N–H and O–H groups in total. The lowest BCUT2D eigenvalue weighted by atomic mass is 10.1. The Bertz CT molecular complexity index is 527. The van der Waals surface area contributed by atoms with Gasteiger partial charge in [-0.05, 0) is 11.6 Å². The highest BCUT2D eigenvalue weighted by Gasteiger charge is 2.11. The summed E-state index contributed by atoms with van der Waals surface area (Å²) in [6.07, 6.45) is 0. The van der Waals surface area contributed by atoms with E-state index in [2.05, 4.69) is 6.07 Å². The van der Waals surface area contributed by atoms with Gasteiger partial charge in [0, 0.05) is 16.0 Å². The van der Waals surface area contributed by atoms with Crippen molar-refractivity contribution in [3.63, 3.8) is 0 Å². The SMILES string of the molecule is N#Cc1ccc(CCl)c2scc(O)c12. The van der Waals surface area contributed by atoms with Crippen LogP contribution in [0.4, 0.5) is 0 Å². The van der Waals surface area contributed by atoms with Gasteiger partial charge in [0.2, 0.25) is 0 Å². The smallest absolute Gasteiger partial charge is 0.135 e. The Labute approximate surface area is 90.0 Å². The van der Waals surface area contributed by atoms with Crippen LogP contribution in [0.1, 0.15) is 11.1 Å². The van der Waals surface area contributed by atoms with Gasteiger partial charge in [-0.25, -0.2) is 0 Å². The molecule has 0 saturated heterocycles. The first kappa shape index (κ1) is 9.32. The average Bonchev–Trinajstić information content (AvgIpc) is 2.60. The van der Waals surface area contributed by atoms with E-state index in [4.69, 9.17) is 16.9 Å². The van der Waals surface area contributed by atoms with E-state index >= 15 is 0 Å². The van der Waals surface area contributed by atoms with Gasteiger partial charge >= 0.3 is 0 Å². The molecule has 14 heavy (non-hydrogen) atoms. The Morgan fingerprint density at radius 2 is 2.29 bits per heavy atom. The average molecular weight is 224 g/mol. The number of rotatable bonds is 1. The molecule has 70 valence electrons. The van der Waals surface area contributed by atoms with Crippen LogP contribution in [0.15, 0.2) is 17.5 Å². The third-order valence-corrected chi connectivity index (χ3v) is 3.38. The van der Waals surface area contributed by atoms with Crippen molar-refractivity contribution in [3.8, 4) is 11.8 Å². The summed E-state index contributed by atoms with van der Waals surface area (Å²) in [5.74, 6) is 0.552. The Balaban J connectivity index is 2.89. The molecule has 2 rings (SSSR count). The van der Waals surface area contributed by atoms with Crippen LogP contribution in [-0.2, 0) is 5.88 Å². The van der Waals surface area contributed by atoms with E-state index in [1.165, 1.54) is 11.3 Å². The molecular formula is C10H6ClNOS. The van der Waals surface area contributed by atoms with Crippen molar-refractivity contribution in [2.45, 2.75) is 5.88 Å². The van der Waals surface area contributed by atoms with Gasteiger partial charge in [-0.15, -0.1) is 22.9 Å². The van der Waals surface area contributed by atoms with Gasteiger partial charge < -0.3 is 5.11 Å². The number of alkyl halides is 1. The number of nitrogens with zero attached hydrogens (tertiary/aromatic N) is 1. The van der Waals surface area contributed by atoms with Gasteiger partial charge in [0.15, 0.2) is 0 Å². The van der Waals surface area contributed by atoms with Gasteiger partial charge in [-0.2, -0.15) is 5.26 Å². The van der Waals surface area contributed by atoms with Crippen molar-refractivity contribution in [3.05, 3.63) is 28.6 Å². The van der Waals surface area contributed by atoms with E-state index in [9.17, 15) is 5.11 Å². The number of benzene rings is 1. The fraction of sp³-hybridized carbons (Fsp3) is 0.100. The molecule has 1 heterocycles. The molecule has 0 unspecified atom stereocenters. The Morgan fingerprint density at radius 3 is 2.93 bits per heavy atom. The number of thiophene rings is 1. The lowest BCUT2D eigenvalue weighted by Gasteiger charge is -1.99. The monoisotopic (exact) mass is 223 g/mol. The second-order valence-electron chi connectivity index (χ2n) is 2.84. The van der Waals surface area contributed by atoms with Gasteiger partial charge in [0.05, 0.1) is 17.0 Å². The third kappa shape index (κ3) is 1.24. The summed E-state index contributed by atoms with van der Waals surface area (Å²) < 4.78 is 0.900. The van der Waals surface area contributed by atoms with Crippen molar-refractivity contribution < 1.29 is 5.11 Å². The van der Waals surface area contributed by atoms with Crippen molar-refractivity contribution in [1.29, 1.82) is 5.26 Å². The van der Waals surface area contributed by atoms with Crippen LogP contribution in [-0.4, -0.2) is 5.11 Å². The van der Waals surface area contributed by atoms with Crippen molar-refractivity contribution in [2.75, 3.05) is 0 Å². The minimum absolute atomic E-state index is 0.161. The number of hydrogen-bond donors (Lipinski definition) is 1. The van der Waals surface area contributed by atoms with Crippen LogP contribution in [0.3, 0.4) is 0 Å². The predicted molar refractivity (Wildman–Crippen MR) is 57.8 cm³/mol. The highest BCUT2D eigenvalue weighted by Crippen LogP contribution is 2.36. The minimum Gasteiger partial charge on any atom is -0.506 e. The molecule has 1 aromatic heterocycles. The van der Waals surface area contributed by atoms with Crippen molar-refractivity contribution in [2.24, 2.45) is 0 Å². The molecule has 2 aromatic rings. The molecule has 1 aromatic carbocycles. The van der Waals surface area contributed by atoms with Gasteiger partial charge in [0.25, 0.3) is 0 Å². The zero-order valence-corrected chi connectivity index (χ0v) is 8.69. The maximum atomic E-state index is 9.56. The molecule has 4 heteroatoms. The van der Waals surface area contributed by atoms with Gasteiger partial charge in [-0.1, -0.05) is 6.07 Å². The molecule has 0 fully saturated rings. The Hall–Kier alpha value is -1.24. The molecule has 0 radical (unpaired) electrons. The number of halogens is 1. The maximum Gasteiger partial charge on any atom is 0.135 e. The topological polar surface area (TPSA) is 44.0 Å². The van der Waals surface area contributed by atoms with E-state index in [0.29, 0.717) is 16.8 Å². The van der Waals surface area contributed by atoms with E-state index < -0.39 is 0 Å². The second kappa shape index (κ2) is 3.49. The standard InChI is InChI=1S/C10H6ClNOS/c11-3-6-1-2-7(4-12)9-8(13)5-14-10(6)9/h1-2,5,13H,3H2. The molecule has 0 aliphatic heterocycles. The van der Waals surface area contributed by atoms with Crippen LogP contribution in [0.2, 0.25) is 0 Å². The zero-order valence-electron chi connectivity index (χ0n) is 7.12. The first-order valence-corrected chi connectivity index (χ1v) is 5.37. The quantitative estimate of drug-likeness (QED) is 0.755. The van der Waals surface area contributed by atoms with E-state index in [1.54, 1.807) is 11.4 Å². The van der Waals surface area contributed by atoms with Crippen molar-refractivity contribution >= 4 is 33.0 Å². The fourth-order valence-electron chi connectivity index (χ4n) is 1.39. The van der Waals surface area contributed by atoms with Crippen LogP contribution in [0, 0.1) is 11.3 Å². The molecule has 0 atom stereocenters. The molecule has 0 aliphatic carbocycles. The lowest BCUT2D eigenvalue weighted by molar-refractivity contribution is 0.483. The van der Waals surface area contributed by atoms with Gasteiger partial charge in [-0.3, -0.25) is 0 Å². The van der Waals surface area contributed by atoms with Crippen LogP contribution < -0.4 is 0 Å². The summed E-state index contributed by atoms with van der Waals surface area (Å²) in [4.78, 5) is 0. The predicted octanol–water partition coefficient (Wildman–Crippen LogP) is 3.22. The van der Waals surface area contributed by atoms with Crippen LogP contribution in [0.5, 0.6) is 5.75 Å². The number of aromatic hydroxyl groups is 1. The molecule has 0 aliphatic rings. The lowest BCUT2D eigenvalue weighted by Crippen LogP contribution is -1.81. The molecule has 0 saturated carbocycles. The third-order valence-electron chi connectivity index (χ3n) is 2.05. The number of nitriles is 1. The van der Waals surface area contributed by atoms with Crippen molar-refractivity contribution in [1.82, 2.24) is 0 Å². The summed E-state index contributed by atoms with van der Waals surface area (Å²) in [5.41, 5.74) is 1.44. The number of hydrogen-bond acceptors (Lipinski definition) is 3. The normalized spacial score (nSPS) is 10.3.